The zero-order valence-corrected chi connectivity index (χ0v) is 8.18. The monoisotopic (exact) mass is 199 g/mol. The maximum absolute atomic E-state index is 5.67. The van der Waals surface area contributed by atoms with E-state index in [1.807, 2.05) is 0 Å². The maximum atomic E-state index is 5.67. The van der Waals surface area contributed by atoms with E-state index in [9.17, 15) is 0 Å². The first kappa shape index (κ1) is 8.71. The molecule has 13 heavy (non-hydrogen) atoms. The highest BCUT2D eigenvalue weighted by Crippen LogP contribution is 2.10. The topological polar surface area (TPSA) is 62.9 Å². The van der Waals surface area contributed by atoms with Gasteiger partial charge in [0.15, 0.2) is 5.82 Å². The minimum absolute atomic E-state index is 0.481. The Morgan fingerprint density at radius 3 is 2.69 bits per heavy atom. The average Bonchev–Trinajstić information content (AvgIpc) is 2.71. The molecule has 1 saturated heterocycles. The molecule has 0 unspecified atom stereocenters. The third-order valence-electron chi connectivity index (χ3n) is 2.34. The van der Waals surface area contributed by atoms with Gasteiger partial charge < -0.3 is 5.84 Å². The summed E-state index contributed by atoms with van der Waals surface area (Å²) in [6.07, 6.45) is 2.55. The summed E-state index contributed by atoms with van der Waals surface area (Å²) in [5.41, 5.74) is 0. The van der Waals surface area contributed by atoms with Gasteiger partial charge in [-0.1, -0.05) is 0 Å². The summed E-state index contributed by atoms with van der Waals surface area (Å²) in [6.45, 7) is 3.07. The van der Waals surface area contributed by atoms with Gasteiger partial charge in [-0.2, -0.15) is 5.10 Å². The van der Waals surface area contributed by atoms with E-state index in [-0.39, 0.29) is 0 Å². The van der Waals surface area contributed by atoms with Gasteiger partial charge in [-0.3, -0.25) is 10.00 Å². The molecule has 0 aliphatic carbocycles. The van der Waals surface area contributed by atoms with Crippen molar-refractivity contribution in [2.24, 2.45) is 0 Å². The molecule has 0 atom stereocenters. The lowest BCUT2D eigenvalue weighted by Gasteiger charge is -2.12. The van der Waals surface area contributed by atoms with Gasteiger partial charge in [0.1, 0.15) is 0 Å². The number of H-pyrrole nitrogens is 1. The molecule has 3 N–H and O–H groups in total. The smallest absolute Gasteiger partial charge is 0.214 e. The predicted octanol–water partition coefficient (Wildman–Crippen LogP) is 0.250. The van der Waals surface area contributed by atoms with Crippen molar-refractivity contribution in [3.05, 3.63) is 10.6 Å². The van der Waals surface area contributed by atoms with Crippen LogP contribution in [-0.2, 0) is 6.54 Å². The van der Waals surface area contributed by atoms with E-state index in [1.165, 1.54) is 17.5 Å². The number of nitrogens with two attached hydrogens (primary N) is 1. The molecule has 1 aromatic heterocycles. The van der Waals surface area contributed by atoms with E-state index in [2.05, 4.69) is 15.1 Å². The Kier molecular flexibility index (Phi) is 2.32. The van der Waals surface area contributed by atoms with Crippen molar-refractivity contribution in [1.82, 2.24) is 19.8 Å². The van der Waals surface area contributed by atoms with Crippen LogP contribution < -0.4 is 5.84 Å². The molecule has 2 rings (SSSR count). The number of nitrogens with one attached hydrogen (secondary N) is 1. The number of nitrogens with zero attached hydrogens (tertiary/aromatic N) is 3. The molecule has 0 amide bonds. The van der Waals surface area contributed by atoms with E-state index in [0.717, 1.165) is 25.5 Å². The predicted molar refractivity (Wildman–Crippen MR) is 52.1 cm³/mol. The first-order chi connectivity index (χ1) is 6.27. The van der Waals surface area contributed by atoms with Gasteiger partial charge in [0, 0.05) is 0 Å². The Bertz CT molecular complexity index is 335. The fraction of sp³-hybridized carbons (Fsp3) is 0.714. The number of hydrogen-bond acceptors (Lipinski definition) is 4. The molecule has 0 saturated carbocycles. The molecule has 0 radical (unpaired) electrons. The van der Waals surface area contributed by atoms with E-state index in [4.69, 9.17) is 18.1 Å². The summed E-state index contributed by atoms with van der Waals surface area (Å²) in [5.74, 6) is 6.48. The first-order valence-electron chi connectivity index (χ1n) is 4.41. The highest BCUT2D eigenvalue weighted by molar-refractivity contribution is 7.71. The Hall–Kier alpha value is -0.880. The van der Waals surface area contributed by atoms with Crippen LogP contribution in [0.3, 0.4) is 0 Å². The normalized spacial score (nSPS) is 18.2. The Balaban J connectivity index is 2.08. The lowest BCUT2D eigenvalue weighted by atomic mass is 10.4. The molecular formula is C7H13N5S. The molecule has 72 valence electrons. The highest BCUT2D eigenvalue weighted by atomic mass is 32.1. The molecule has 1 aliphatic heterocycles. The van der Waals surface area contributed by atoms with Crippen LogP contribution in [0, 0.1) is 4.77 Å². The summed E-state index contributed by atoms with van der Waals surface area (Å²) < 4.78 is 1.92. The van der Waals surface area contributed by atoms with Crippen LogP contribution in [0.1, 0.15) is 18.7 Å². The van der Waals surface area contributed by atoms with Crippen molar-refractivity contribution in [2.45, 2.75) is 19.4 Å². The largest absolute Gasteiger partial charge is 0.335 e. The lowest BCUT2D eigenvalue weighted by Crippen LogP contribution is -2.23. The minimum Gasteiger partial charge on any atom is -0.335 e. The lowest BCUT2D eigenvalue weighted by molar-refractivity contribution is 0.319. The fourth-order valence-corrected chi connectivity index (χ4v) is 1.74. The van der Waals surface area contributed by atoms with E-state index >= 15 is 0 Å². The highest BCUT2D eigenvalue weighted by Gasteiger charge is 2.14. The number of hydrogen-bond donors (Lipinski definition) is 2. The number of rotatable bonds is 2. The van der Waals surface area contributed by atoms with Crippen molar-refractivity contribution in [3.8, 4) is 0 Å². The first-order valence-corrected chi connectivity index (χ1v) is 4.82. The van der Waals surface area contributed by atoms with Gasteiger partial charge in [0.2, 0.25) is 4.77 Å². The molecule has 0 spiro atoms. The maximum Gasteiger partial charge on any atom is 0.214 e. The second-order valence-electron chi connectivity index (χ2n) is 3.30. The van der Waals surface area contributed by atoms with Crippen molar-refractivity contribution < 1.29 is 0 Å². The van der Waals surface area contributed by atoms with Crippen LogP contribution in [0.25, 0.3) is 0 Å². The third kappa shape index (κ3) is 1.73. The van der Waals surface area contributed by atoms with E-state index in [0.29, 0.717) is 4.77 Å². The van der Waals surface area contributed by atoms with Crippen LogP contribution in [0.2, 0.25) is 0 Å². The summed E-state index contributed by atoms with van der Waals surface area (Å²) in [4.78, 5) is 2.33. The Morgan fingerprint density at radius 2 is 2.15 bits per heavy atom. The van der Waals surface area contributed by atoms with Gasteiger partial charge in [-0.25, -0.2) is 4.68 Å². The molecule has 5 nitrogen and oxygen atoms in total. The van der Waals surface area contributed by atoms with Gasteiger partial charge in [0.05, 0.1) is 6.54 Å². The molecule has 1 aliphatic rings. The molecule has 1 aromatic rings. The van der Waals surface area contributed by atoms with E-state index in [1.54, 1.807) is 0 Å². The van der Waals surface area contributed by atoms with Crippen LogP contribution in [0.4, 0.5) is 0 Å². The molecule has 0 aromatic carbocycles. The summed E-state index contributed by atoms with van der Waals surface area (Å²) in [7, 11) is 0. The zero-order chi connectivity index (χ0) is 9.26. The number of nitrogen functional groups attached to an aromatic ring is 1. The molecule has 0 bridgehead atoms. The van der Waals surface area contributed by atoms with Crippen LogP contribution in [0.5, 0.6) is 0 Å². The van der Waals surface area contributed by atoms with E-state index < -0.39 is 0 Å². The number of aromatic nitrogens is 3. The quantitative estimate of drug-likeness (QED) is 0.529. The van der Waals surface area contributed by atoms with Gasteiger partial charge in [0.25, 0.3) is 0 Å². The van der Waals surface area contributed by atoms with Crippen molar-refractivity contribution in [2.75, 3.05) is 18.9 Å². The average molecular weight is 199 g/mol. The molecule has 6 heteroatoms. The second-order valence-corrected chi connectivity index (χ2v) is 3.68. The van der Waals surface area contributed by atoms with Crippen LogP contribution in [-0.4, -0.2) is 32.9 Å². The second kappa shape index (κ2) is 3.47. The number of aromatic amines is 1. The van der Waals surface area contributed by atoms with Crippen LogP contribution >= 0.6 is 12.2 Å². The van der Waals surface area contributed by atoms with Gasteiger partial charge >= 0.3 is 0 Å². The molecular weight excluding hydrogens is 186 g/mol. The standard InChI is InChI=1S/C7H13N5S/c8-12-6(9-10-7(12)13)5-11-3-1-2-4-11/h1-5,8H2,(H,10,13). The SMILES string of the molecule is Nn1c(CN2CCCC2)n[nH]c1=S. The number of likely N-dealkylation sites (tertiary alicyclic amines) is 1. The van der Waals surface area contributed by atoms with Crippen molar-refractivity contribution in [1.29, 1.82) is 0 Å². The Morgan fingerprint density at radius 1 is 1.46 bits per heavy atom. The third-order valence-corrected chi connectivity index (χ3v) is 2.63. The van der Waals surface area contributed by atoms with Crippen molar-refractivity contribution in [3.63, 3.8) is 0 Å². The van der Waals surface area contributed by atoms with Crippen molar-refractivity contribution >= 4 is 12.2 Å². The van der Waals surface area contributed by atoms with Gasteiger partial charge in [-0.05, 0) is 38.1 Å². The molecule has 1 fully saturated rings. The molecule has 2 heterocycles. The summed E-state index contributed by atoms with van der Waals surface area (Å²) in [6, 6.07) is 0. The fourth-order valence-electron chi connectivity index (χ4n) is 1.59. The van der Waals surface area contributed by atoms with Gasteiger partial charge in [-0.15, -0.1) is 0 Å². The summed E-state index contributed by atoms with van der Waals surface area (Å²) in [5, 5.41) is 6.73. The summed E-state index contributed by atoms with van der Waals surface area (Å²) >= 11 is 4.92. The van der Waals surface area contributed by atoms with Crippen LogP contribution in [0.15, 0.2) is 0 Å². The zero-order valence-electron chi connectivity index (χ0n) is 7.36. The Labute approximate surface area is 81.5 Å². The minimum atomic E-state index is 0.481.